The van der Waals surface area contributed by atoms with E-state index in [1.165, 1.54) is 19.3 Å². The molecule has 0 saturated heterocycles. The van der Waals surface area contributed by atoms with E-state index in [0.717, 1.165) is 30.1 Å². The SMILES string of the molecule is CCCCCCOc1ccc([C@H]2C(C#N)=C(C)N=C(C)C2C#N)cc1. The predicted molar refractivity (Wildman–Crippen MR) is 99.3 cm³/mol. The molecule has 2 atom stereocenters. The van der Waals surface area contributed by atoms with Gasteiger partial charge in [-0.1, -0.05) is 38.3 Å². The average molecular weight is 335 g/mol. The summed E-state index contributed by atoms with van der Waals surface area (Å²) in [6.07, 6.45) is 4.70. The number of benzene rings is 1. The lowest BCUT2D eigenvalue weighted by Gasteiger charge is -2.26. The molecule has 1 aromatic carbocycles. The van der Waals surface area contributed by atoms with Crippen LogP contribution in [-0.4, -0.2) is 12.3 Å². The Morgan fingerprint density at radius 3 is 2.40 bits per heavy atom. The Hall–Kier alpha value is -2.59. The van der Waals surface area contributed by atoms with Crippen LogP contribution < -0.4 is 4.74 Å². The van der Waals surface area contributed by atoms with E-state index in [1.54, 1.807) is 0 Å². The smallest absolute Gasteiger partial charge is 0.119 e. The van der Waals surface area contributed by atoms with Crippen molar-refractivity contribution in [1.29, 1.82) is 10.5 Å². The van der Waals surface area contributed by atoms with Crippen molar-refractivity contribution in [2.45, 2.75) is 52.4 Å². The molecule has 0 radical (unpaired) electrons. The highest BCUT2D eigenvalue weighted by molar-refractivity contribution is 5.90. The molecule has 0 aromatic heterocycles. The molecule has 0 bridgehead atoms. The summed E-state index contributed by atoms with van der Waals surface area (Å²) >= 11 is 0. The average Bonchev–Trinajstić information content (AvgIpc) is 2.61. The van der Waals surface area contributed by atoms with Gasteiger partial charge >= 0.3 is 0 Å². The van der Waals surface area contributed by atoms with Gasteiger partial charge in [0, 0.05) is 11.6 Å². The lowest BCUT2D eigenvalue weighted by atomic mass is 9.77. The molecular weight excluding hydrogens is 310 g/mol. The summed E-state index contributed by atoms with van der Waals surface area (Å²) in [6.45, 7) is 6.60. The van der Waals surface area contributed by atoms with Crippen LogP contribution in [0.15, 0.2) is 40.5 Å². The molecule has 0 spiro atoms. The highest BCUT2D eigenvalue weighted by Gasteiger charge is 2.33. The third-order valence-electron chi connectivity index (χ3n) is 4.59. The maximum atomic E-state index is 9.55. The molecule has 1 aromatic rings. The molecule has 1 unspecified atom stereocenters. The summed E-state index contributed by atoms with van der Waals surface area (Å²) in [6, 6.07) is 12.3. The molecule has 2 rings (SSSR count). The van der Waals surface area contributed by atoms with Crippen LogP contribution in [-0.2, 0) is 0 Å². The number of nitriles is 2. The Labute approximate surface area is 150 Å². The Morgan fingerprint density at radius 2 is 1.80 bits per heavy atom. The maximum Gasteiger partial charge on any atom is 0.119 e. The zero-order chi connectivity index (χ0) is 18.2. The molecule has 0 amide bonds. The van der Waals surface area contributed by atoms with Gasteiger partial charge in [-0.05, 0) is 38.0 Å². The van der Waals surface area contributed by atoms with Crippen LogP contribution in [0.25, 0.3) is 0 Å². The number of nitrogens with zero attached hydrogens (tertiary/aromatic N) is 3. The number of ether oxygens (including phenoxy) is 1. The van der Waals surface area contributed by atoms with E-state index in [9.17, 15) is 10.5 Å². The number of rotatable bonds is 7. The summed E-state index contributed by atoms with van der Waals surface area (Å²) in [4.78, 5) is 4.37. The van der Waals surface area contributed by atoms with Crippen LogP contribution in [0.2, 0.25) is 0 Å². The topological polar surface area (TPSA) is 69.2 Å². The molecule has 4 nitrogen and oxygen atoms in total. The summed E-state index contributed by atoms with van der Waals surface area (Å²) in [7, 11) is 0. The number of aliphatic imine (C=N–C) groups is 1. The second-order valence-corrected chi connectivity index (χ2v) is 6.43. The largest absolute Gasteiger partial charge is 0.494 e. The van der Waals surface area contributed by atoms with Gasteiger partial charge in [0.05, 0.1) is 35.9 Å². The first-order chi connectivity index (χ1) is 12.1. The first-order valence-corrected chi connectivity index (χ1v) is 8.90. The van der Waals surface area contributed by atoms with E-state index in [0.29, 0.717) is 11.3 Å². The van der Waals surface area contributed by atoms with Gasteiger partial charge in [0.15, 0.2) is 0 Å². The second-order valence-electron chi connectivity index (χ2n) is 6.43. The van der Waals surface area contributed by atoms with Crippen LogP contribution in [0, 0.1) is 28.6 Å². The van der Waals surface area contributed by atoms with Gasteiger partial charge in [0.2, 0.25) is 0 Å². The fourth-order valence-electron chi connectivity index (χ4n) is 3.19. The lowest BCUT2D eigenvalue weighted by molar-refractivity contribution is 0.305. The zero-order valence-electron chi connectivity index (χ0n) is 15.2. The molecule has 0 fully saturated rings. The minimum atomic E-state index is -0.404. The summed E-state index contributed by atoms with van der Waals surface area (Å²) in [5.74, 6) is 0.166. The number of allylic oxidation sites excluding steroid dienone is 2. The van der Waals surface area contributed by atoms with Crippen molar-refractivity contribution in [2.75, 3.05) is 6.61 Å². The summed E-state index contributed by atoms with van der Waals surface area (Å²) < 4.78 is 5.78. The fourth-order valence-corrected chi connectivity index (χ4v) is 3.19. The van der Waals surface area contributed by atoms with Crippen LogP contribution >= 0.6 is 0 Å². The van der Waals surface area contributed by atoms with Gasteiger partial charge < -0.3 is 4.74 Å². The van der Waals surface area contributed by atoms with Crippen molar-refractivity contribution in [3.63, 3.8) is 0 Å². The Kier molecular flexibility index (Phi) is 6.78. The fraction of sp³-hybridized carbons (Fsp3) is 0.476. The lowest BCUT2D eigenvalue weighted by Crippen LogP contribution is -2.24. The monoisotopic (exact) mass is 335 g/mol. The normalized spacial score (nSPS) is 19.8. The van der Waals surface area contributed by atoms with Gasteiger partial charge in [-0.25, -0.2) is 0 Å². The van der Waals surface area contributed by atoms with E-state index in [-0.39, 0.29) is 5.92 Å². The maximum absolute atomic E-state index is 9.55. The molecule has 130 valence electrons. The van der Waals surface area contributed by atoms with E-state index in [4.69, 9.17) is 4.74 Å². The van der Waals surface area contributed by atoms with Crippen LogP contribution in [0.1, 0.15) is 57.9 Å². The highest BCUT2D eigenvalue weighted by Crippen LogP contribution is 2.38. The Balaban J connectivity index is 2.14. The molecule has 1 aliphatic heterocycles. The van der Waals surface area contributed by atoms with Gasteiger partial charge in [-0.15, -0.1) is 0 Å². The standard InChI is InChI=1S/C21H25N3O/c1-4-5-6-7-12-25-18-10-8-17(9-11-18)21-19(13-22)15(2)24-16(3)20(21)14-23/h8-11,19,21H,4-7,12H2,1-3H3/t19?,21-/m1/s1. The number of hydrogen-bond acceptors (Lipinski definition) is 4. The molecule has 1 heterocycles. The van der Waals surface area contributed by atoms with Gasteiger partial charge in [-0.3, -0.25) is 4.99 Å². The highest BCUT2D eigenvalue weighted by atomic mass is 16.5. The van der Waals surface area contributed by atoms with Crippen LogP contribution in [0.3, 0.4) is 0 Å². The number of hydrogen-bond donors (Lipinski definition) is 0. The third-order valence-corrected chi connectivity index (χ3v) is 4.59. The zero-order valence-corrected chi connectivity index (χ0v) is 15.2. The predicted octanol–water partition coefficient (Wildman–Crippen LogP) is 5.14. The van der Waals surface area contributed by atoms with Crippen molar-refractivity contribution in [3.8, 4) is 17.9 Å². The Morgan fingerprint density at radius 1 is 1.08 bits per heavy atom. The quantitative estimate of drug-likeness (QED) is 0.648. The molecule has 0 N–H and O–H groups in total. The van der Waals surface area contributed by atoms with Gasteiger partial charge in [0.25, 0.3) is 0 Å². The molecule has 1 aliphatic rings. The first kappa shape index (κ1) is 18.7. The van der Waals surface area contributed by atoms with E-state index in [1.807, 2.05) is 38.1 Å². The third kappa shape index (κ3) is 4.48. The molecule has 4 heteroatoms. The molecular formula is C21H25N3O. The van der Waals surface area contributed by atoms with Gasteiger partial charge in [-0.2, -0.15) is 10.5 Å². The van der Waals surface area contributed by atoms with E-state index < -0.39 is 5.92 Å². The van der Waals surface area contributed by atoms with Crippen LogP contribution in [0.4, 0.5) is 0 Å². The minimum Gasteiger partial charge on any atom is -0.494 e. The summed E-state index contributed by atoms with van der Waals surface area (Å²) in [5, 5.41) is 19.1. The number of unbranched alkanes of at least 4 members (excludes halogenated alkanes) is 3. The molecule has 25 heavy (non-hydrogen) atoms. The minimum absolute atomic E-state index is 0.258. The van der Waals surface area contributed by atoms with Crippen molar-refractivity contribution in [1.82, 2.24) is 0 Å². The second kappa shape index (κ2) is 9.04. The van der Waals surface area contributed by atoms with Crippen molar-refractivity contribution < 1.29 is 4.74 Å². The molecule has 0 saturated carbocycles. The van der Waals surface area contributed by atoms with E-state index >= 15 is 0 Å². The van der Waals surface area contributed by atoms with Crippen molar-refractivity contribution in [3.05, 3.63) is 41.1 Å². The van der Waals surface area contributed by atoms with Crippen molar-refractivity contribution >= 4 is 5.71 Å². The first-order valence-electron chi connectivity index (χ1n) is 8.90. The molecule has 0 aliphatic carbocycles. The van der Waals surface area contributed by atoms with Crippen molar-refractivity contribution in [2.24, 2.45) is 10.9 Å². The Bertz CT molecular complexity index is 732. The summed E-state index contributed by atoms with van der Waals surface area (Å²) in [5.41, 5.74) is 2.99. The van der Waals surface area contributed by atoms with E-state index in [2.05, 4.69) is 24.1 Å². The van der Waals surface area contributed by atoms with Crippen LogP contribution in [0.5, 0.6) is 5.75 Å². The van der Waals surface area contributed by atoms with Gasteiger partial charge in [0.1, 0.15) is 5.75 Å².